The van der Waals surface area contributed by atoms with Gasteiger partial charge in [-0.3, -0.25) is 9.69 Å². The molecule has 0 aliphatic heterocycles. The number of nitrogens with zero attached hydrogens (tertiary/aromatic N) is 1. The molecule has 0 bridgehead atoms. The van der Waals surface area contributed by atoms with E-state index in [1.54, 1.807) is 0 Å². The van der Waals surface area contributed by atoms with Crippen LogP contribution in [0.25, 0.3) is 0 Å². The summed E-state index contributed by atoms with van der Waals surface area (Å²) in [7, 11) is 1.48. The molecule has 0 atom stereocenters. The predicted molar refractivity (Wildman–Crippen MR) is 86.1 cm³/mol. The molecule has 1 aliphatic carbocycles. The van der Waals surface area contributed by atoms with Crippen molar-refractivity contribution in [3.8, 4) is 0 Å². The highest BCUT2D eigenvalue weighted by Gasteiger charge is 2.55. The van der Waals surface area contributed by atoms with E-state index in [1.165, 1.54) is 18.2 Å². The van der Waals surface area contributed by atoms with Gasteiger partial charge in [0.2, 0.25) is 0 Å². The van der Waals surface area contributed by atoms with Gasteiger partial charge in [-0.25, -0.2) is 0 Å². The van der Waals surface area contributed by atoms with Crippen molar-refractivity contribution in [1.29, 1.82) is 0 Å². The standard InChI is InChI=1S/C19H21NO2/c1-22-18(21)19(12-13-19)20(14-16-8-4-2-5-9-16)15-17-10-6-3-7-11-17/h2-11H,12-15H2,1H3. The van der Waals surface area contributed by atoms with Crippen LogP contribution in [0.4, 0.5) is 0 Å². The molecule has 3 heteroatoms. The third-order valence-electron chi connectivity index (χ3n) is 4.33. The fraction of sp³-hybridized carbons (Fsp3) is 0.316. The van der Waals surface area contributed by atoms with Gasteiger partial charge in [-0.1, -0.05) is 60.7 Å². The fourth-order valence-corrected chi connectivity index (χ4v) is 2.92. The second kappa shape index (κ2) is 6.32. The van der Waals surface area contributed by atoms with Crippen molar-refractivity contribution in [1.82, 2.24) is 4.90 Å². The van der Waals surface area contributed by atoms with Crippen LogP contribution in [-0.4, -0.2) is 23.5 Å². The van der Waals surface area contributed by atoms with E-state index in [2.05, 4.69) is 29.2 Å². The van der Waals surface area contributed by atoms with Gasteiger partial charge in [0.1, 0.15) is 5.54 Å². The zero-order valence-corrected chi connectivity index (χ0v) is 12.9. The van der Waals surface area contributed by atoms with E-state index >= 15 is 0 Å². The lowest BCUT2D eigenvalue weighted by Crippen LogP contribution is -2.43. The smallest absolute Gasteiger partial charge is 0.326 e. The van der Waals surface area contributed by atoms with E-state index in [4.69, 9.17) is 4.74 Å². The van der Waals surface area contributed by atoms with Crippen molar-refractivity contribution >= 4 is 5.97 Å². The average molecular weight is 295 g/mol. The minimum Gasteiger partial charge on any atom is -0.468 e. The molecule has 0 spiro atoms. The molecular formula is C19H21NO2. The van der Waals surface area contributed by atoms with Crippen molar-refractivity contribution in [3.63, 3.8) is 0 Å². The second-order valence-corrected chi connectivity index (χ2v) is 5.85. The Balaban J connectivity index is 1.84. The van der Waals surface area contributed by atoms with Crippen LogP contribution in [0.15, 0.2) is 60.7 Å². The minimum absolute atomic E-state index is 0.112. The van der Waals surface area contributed by atoms with Crippen molar-refractivity contribution < 1.29 is 9.53 Å². The van der Waals surface area contributed by atoms with Crippen LogP contribution in [0.5, 0.6) is 0 Å². The lowest BCUT2D eigenvalue weighted by atomic mass is 10.1. The molecule has 0 amide bonds. The molecule has 0 aromatic heterocycles. The number of carbonyl (C=O) groups excluding carboxylic acids is 1. The second-order valence-electron chi connectivity index (χ2n) is 5.85. The van der Waals surface area contributed by atoms with Crippen LogP contribution in [0.1, 0.15) is 24.0 Å². The maximum atomic E-state index is 12.3. The number of hydrogen-bond donors (Lipinski definition) is 0. The highest BCUT2D eigenvalue weighted by atomic mass is 16.5. The summed E-state index contributed by atoms with van der Waals surface area (Å²) in [4.78, 5) is 14.5. The summed E-state index contributed by atoms with van der Waals surface area (Å²) in [6, 6.07) is 20.6. The van der Waals surface area contributed by atoms with Crippen molar-refractivity contribution in [3.05, 3.63) is 71.8 Å². The summed E-state index contributed by atoms with van der Waals surface area (Å²) in [5.41, 5.74) is 1.99. The Kier molecular flexibility index (Phi) is 4.25. The molecule has 2 aromatic carbocycles. The summed E-state index contributed by atoms with van der Waals surface area (Å²) in [5, 5.41) is 0. The molecule has 0 N–H and O–H groups in total. The topological polar surface area (TPSA) is 29.5 Å². The Morgan fingerprint density at radius 1 is 0.955 bits per heavy atom. The van der Waals surface area contributed by atoms with Gasteiger partial charge in [0.25, 0.3) is 0 Å². The Morgan fingerprint density at radius 3 is 1.77 bits per heavy atom. The van der Waals surface area contributed by atoms with Crippen LogP contribution in [-0.2, 0) is 22.6 Å². The lowest BCUT2D eigenvalue weighted by molar-refractivity contribution is -0.149. The molecule has 0 radical (unpaired) electrons. The number of carbonyl (C=O) groups is 1. The highest BCUT2D eigenvalue weighted by Crippen LogP contribution is 2.44. The van der Waals surface area contributed by atoms with Gasteiger partial charge in [0, 0.05) is 13.1 Å². The molecule has 0 unspecified atom stereocenters. The van der Waals surface area contributed by atoms with E-state index in [-0.39, 0.29) is 5.97 Å². The van der Waals surface area contributed by atoms with E-state index in [1.807, 2.05) is 36.4 Å². The number of methoxy groups -OCH3 is 1. The molecule has 22 heavy (non-hydrogen) atoms. The van der Waals surface area contributed by atoms with Gasteiger partial charge < -0.3 is 4.74 Å². The van der Waals surface area contributed by atoms with Crippen molar-refractivity contribution in [2.75, 3.05) is 7.11 Å². The fourth-order valence-electron chi connectivity index (χ4n) is 2.92. The minimum atomic E-state index is -0.444. The number of hydrogen-bond acceptors (Lipinski definition) is 3. The zero-order valence-electron chi connectivity index (χ0n) is 12.9. The molecular weight excluding hydrogens is 274 g/mol. The van der Waals surface area contributed by atoms with Crippen LogP contribution in [0.2, 0.25) is 0 Å². The van der Waals surface area contributed by atoms with Crippen LogP contribution in [0, 0.1) is 0 Å². The number of benzene rings is 2. The first-order valence-electron chi connectivity index (χ1n) is 7.66. The van der Waals surface area contributed by atoms with E-state index in [0.717, 1.165) is 25.9 Å². The highest BCUT2D eigenvalue weighted by molar-refractivity contribution is 5.84. The third-order valence-corrected chi connectivity index (χ3v) is 4.33. The van der Waals surface area contributed by atoms with Crippen LogP contribution < -0.4 is 0 Å². The molecule has 1 aliphatic rings. The molecule has 1 fully saturated rings. The van der Waals surface area contributed by atoms with Crippen LogP contribution >= 0.6 is 0 Å². The molecule has 0 saturated heterocycles. The Bertz CT molecular complexity index is 579. The lowest BCUT2D eigenvalue weighted by Gasteiger charge is -2.30. The van der Waals surface area contributed by atoms with Gasteiger partial charge >= 0.3 is 5.97 Å². The Morgan fingerprint density at radius 2 is 1.41 bits per heavy atom. The van der Waals surface area contributed by atoms with E-state index in [0.29, 0.717) is 0 Å². The van der Waals surface area contributed by atoms with Gasteiger partial charge in [-0.15, -0.1) is 0 Å². The maximum Gasteiger partial charge on any atom is 0.326 e. The first kappa shape index (κ1) is 14.8. The molecule has 1 saturated carbocycles. The summed E-state index contributed by atoms with van der Waals surface area (Å²) < 4.78 is 5.05. The van der Waals surface area contributed by atoms with Crippen molar-refractivity contribution in [2.45, 2.75) is 31.5 Å². The summed E-state index contributed by atoms with van der Waals surface area (Å²) in [6.07, 6.45) is 1.75. The normalized spacial score (nSPS) is 15.5. The van der Waals surface area contributed by atoms with Gasteiger partial charge in [0.05, 0.1) is 7.11 Å². The monoisotopic (exact) mass is 295 g/mol. The SMILES string of the molecule is COC(=O)C1(N(Cc2ccccc2)Cc2ccccc2)CC1. The Labute approximate surface area is 131 Å². The third kappa shape index (κ3) is 3.04. The number of ether oxygens (including phenoxy) is 1. The van der Waals surface area contributed by atoms with Crippen molar-refractivity contribution in [2.24, 2.45) is 0 Å². The summed E-state index contributed by atoms with van der Waals surface area (Å²) in [5.74, 6) is -0.112. The number of esters is 1. The van der Waals surface area contributed by atoms with E-state index < -0.39 is 5.54 Å². The summed E-state index contributed by atoms with van der Waals surface area (Å²) in [6.45, 7) is 1.51. The van der Waals surface area contributed by atoms with Gasteiger partial charge in [-0.05, 0) is 24.0 Å². The summed E-state index contributed by atoms with van der Waals surface area (Å²) >= 11 is 0. The van der Waals surface area contributed by atoms with E-state index in [9.17, 15) is 4.79 Å². The molecule has 0 heterocycles. The average Bonchev–Trinajstić information content (AvgIpc) is 3.37. The molecule has 3 rings (SSSR count). The largest absolute Gasteiger partial charge is 0.468 e. The quantitative estimate of drug-likeness (QED) is 0.765. The molecule has 114 valence electrons. The molecule has 2 aromatic rings. The first-order chi connectivity index (χ1) is 10.7. The number of rotatable bonds is 6. The Hall–Kier alpha value is -2.13. The maximum absolute atomic E-state index is 12.3. The first-order valence-corrected chi connectivity index (χ1v) is 7.66. The zero-order chi connectivity index (χ0) is 15.4. The van der Waals surface area contributed by atoms with Crippen LogP contribution in [0.3, 0.4) is 0 Å². The van der Waals surface area contributed by atoms with Gasteiger partial charge in [0.15, 0.2) is 0 Å². The van der Waals surface area contributed by atoms with Gasteiger partial charge in [-0.2, -0.15) is 0 Å². The predicted octanol–water partition coefficient (Wildman–Crippen LogP) is 3.39. The molecule has 3 nitrogen and oxygen atoms in total.